The normalized spacial score (nSPS) is 11.4. The van der Waals surface area contributed by atoms with Crippen LogP contribution in [0.25, 0.3) is 0 Å². The summed E-state index contributed by atoms with van der Waals surface area (Å²) in [5.74, 6) is -1.12. The average molecular weight is 329 g/mol. The van der Waals surface area contributed by atoms with Crippen LogP contribution < -0.4 is 5.32 Å². The van der Waals surface area contributed by atoms with Gasteiger partial charge in [0.2, 0.25) is 5.91 Å². The minimum Gasteiger partial charge on any atom is -0.325 e. The second kappa shape index (κ2) is 6.36. The van der Waals surface area contributed by atoms with E-state index in [9.17, 15) is 10.1 Å². The number of nitriles is 1. The fourth-order valence-electron chi connectivity index (χ4n) is 1.87. The molecule has 0 fully saturated rings. The van der Waals surface area contributed by atoms with E-state index in [2.05, 4.69) is 21.2 Å². The van der Waals surface area contributed by atoms with E-state index in [-0.39, 0.29) is 5.91 Å². The van der Waals surface area contributed by atoms with Gasteiger partial charge in [-0.3, -0.25) is 4.79 Å². The van der Waals surface area contributed by atoms with Crippen LogP contribution in [0.15, 0.2) is 53.0 Å². The van der Waals surface area contributed by atoms with Gasteiger partial charge in [0.05, 0.1) is 6.07 Å². The molecule has 2 aromatic carbocycles. The third kappa shape index (κ3) is 3.25. The monoisotopic (exact) mass is 328 g/mol. The molecule has 100 valence electrons. The summed E-state index contributed by atoms with van der Waals surface area (Å²) in [7, 11) is 0. The predicted octanol–water partition coefficient (Wildman–Crippen LogP) is 4.00. The van der Waals surface area contributed by atoms with Crippen LogP contribution in [0.1, 0.15) is 17.0 Å². The molecule has 20 heavy (non-hydrogen) atoms. The Morgan fingerprint density at radius 1 is 1.25 bits per heavy atom. The van der Waals surface area contributed by atoms with E-state index in [1.165, 1.54) is 0 Å². The third-order valence-corrected chi connectivity index (χ3v) is 3.84. The number of nitrogens with one attached hydrogen (secondary N) is 1. The van der Waals surface area contributed by atoms with Crippen LogP contribution in [-0.2, 0) is 4.79 Å². The molecule has 1 atom stereocenters. The number of halogens is 1. The van der Waals surface area contributed by atoms with Crippen molar-refractivity contribution in [1.82, 2.24) is 0 Å². The average Bonchev–Trinajstić information content (AvgIpc) is 2.45. The standard InChI is InChI=1S/C16H13BrN2O/c1-11-9-13(7-8-15(11)17)19-16(20)14(10-18)12-5-3-2-4-6-12/h2-9,14H,1H3,(H,19,20). The van der Waals surface area contributed by atoms with Crippen molar-refractivity contribution in [3.8, 4) is 6.07 Å². The second-order valence-electron chi connectivity index (χ2n) is 4.43. The Bertz CT molecular complexity index is 662. The number of benzene rings is 2. The Morgan fingerprint density at radius 3 is 2.55 bits per heavy atom. The van der Waals surface area contributed by atoms with Gasteiger partial charge < -0.3 is 5.32 Å². The van der Waals surface area contributed by atoms with Crippen LogP contribution in [0.5, 0.6) is 0 Å². The van der Waals surface area contributed by atoms with E-state index in [0.717, 1.165) is 10.0 Å². The molecule has 1 N–H and O–H groups in total. The van der Waals surface area contributed by atoms with Crippen molar-refractivity contribution in [1.29, 1.82) is 5.26 Å². The summed E-state index contributed by atoms with van der Waals surface area (Å²) in [6.45, 7) is 1.94. The van der Waals surface area contributed by atoms with Gasteiger partial charge in [0.1, 0.15) is 0 Å². The lowest BCUT2D eigenvalue weighted by Crippen LogP contribution is -2.20. The van der Waals surface area contributed by atoms with Crippen molar-refractivity contribution in [3.63, 3.8) is 0 Å². The molecule has 4 heteroatoms. The smallest absolute Gasteiger partial charge is 0.246 e. The van der Waals surface area contributed by atoms with E-state index < -0.39 is 5.92 Å². The van der Waals surface area contributed by atoms with Crippen LogP contribution in [0.4, 0.5) is 5.69 Å². The number of nitrogens with zero attached hydrogens (tertiary/aromatic N) is 1. The van der Waals surface area contributed by atoms with Crippen molar-refractivity contribution in [3.05, 3.63) is 64.1 Å². The van der Waals surface area contributed by atoms with Gasteiger partial charge in [-0.1, -0.05) is 46.3 Å². The first kappa shape index (κ1) is 14.3. The summed E-state index contributed by atoms with van der Waals surface area (Å²) in [6, 6.07) is 16.6. The maximum absolute atomic E-state index is 12.2. The molecule has 2 rings (SSSR count). The van der Waals surface area contributed by atoms with Gasteiger partial charge in [0.25, 0.3) is 0 Å². The van der Waals surface area contributed by atoms with Gasteiger partial charge in [-0.05, 0) is 36.2 Å². The quantitative estimate of drug-likeness (QED) is 0.925. The Labute approximate surface area is 126 Å². The van der Waals surface area contributed by atoms with Crippen LogP contribution in [-0.4, -0.2) is 5.91 Å². The summed E-state index contributed by atoms with van der Waals surface area (Å²) >= 11 is 3.41. The summed E-state index contributed by atoms with van der Waals surface area (Å²) < 4.78 is 0.982. The van der Waals surface area contributed by atoms with E-state index >= 15 is 0 Å². The Morgan fingerprint density at radius 2 is 1.95 bits per heavy atom. The summed E-state index contributed by atoms with van der Waals surface area (Å²) in [5.41, 5.74) is 2.41. The number of carbonyl (C=O) groups excluding carboxylic acids is 1. The van der Waals surface area contributed by atoms with Crippen molar-refractivity contribution in [2.24, 2.45) is 0 Å². The molecule has 0 bridgehead atoms. The molecule has 2 aromatic rings. The van der Waals surface area contributed by atoms with Gasteiger partial charge in [-0.15, -0.1) is 0 Å². The van der Waals surface area contributed by atoms with Gasteiger partial charge in [-0.2, -0.15) is 5.26 Å². The highest BCUT2D eigenvalue weighted by Gasteiger charge is 2.19. The number of anilines is 1. The zero-order chi connectivity index (χ0) is 14.5. The minimum absolute atomic E-state index is 0.319. The van der Waals surface area contributed by atoms with E-state index in [4.69, 9.17) is 0 Å². The molecular weight excluding hydrogens is 316 g/mol. The summed E-state index contributed by atoms with van der Waals surface area (Å²) in [4.78, 5) is 12.2. The predicted molar refractivity (Wildman–Crippen MR) is 82.3 cm³/mol. The Hall–Kier alpha value is -2.12. The molecule has 0 heterocycles. The van der Waals surface area contributed by atoms with Crippen molar-refractivity contribution < 1.29 is 4.79 Å². The van der Waals surface area contributed by atoms with Gasteiger partial charge in [0.15, 0.2) is 5.92 Å². The maximum Gasteiger partial charge on any atom is 0.246 e. The van der Waals surface area contributed by atoms with Crippen LogP contribution in [0.3, 0.4) is 0 Å². The molecule has 0 spiro atoms. The van der Waals surface area contributed by atoms with Gasteiger partial charge >= 0.3 is 0 Å². The molecule has 3 nitrogen and oxygen atoms in total. The molecule has 0 saturated heterocycles. The maximum atomic E-state index is 12.2. The third-order valence-electron chi connectivity index (χ3n) is 2.95. The highest BCUT2D eigenvalue weighted by molar-refractivity contribution is 9.10. The molecule has 0 aliphatic heterocycles. The lowest BCUT2D eigenvalue weighted by Gasteiger charge is -2.11. The lowest BCUT2D eigenvalue weighted by atomic mass is 10.00. The Kier molecular flexibility index (Phi) is 4.54. The largest absolute Gasteiger partial charge is 0.325 e. The lowest BCUT2D eigenvalue weighted by molar-refractivity contribution is -0.116. The highest BCUT2D eigenvalue weighted by atomic mass is 79.9. The molecule has 1 amide bonds. The molecule has 0 saturated carbocycles. The second-order valence-corrected chi connectivity index (χ2v) is 5.28. The topological polar surface area (TPSA) is 52.9 Å². The fourth-order valence-corrected chi connectivity index (χ4v) is 2.11. The molecule has 1 unspecified atom stereocenters. The molecule has 0 aromatic heterocycles. The first-order chi connectivity index (χ1) is 9.61. The fraction of sp³-hybridized carbons (Fsp3) is 0.125. The molecular formula is C16H13BrN2O. The van der Waals surface area contributed by atoms with E-state index in [1.807, 2.05) is 43.3 Å². The zero-order valence-corrected chi connectivity index (χ0v) is 12.5. The first-order valence-electron chi connectivity index (χ1n) is 6.13. The van der Waals surface area contributed by atoms with Gasteiger partial charge in [0, 0.05) is 10.2 Å². The summed E-state index contributed by atoms with van der Waals surface area (Å²) in [5, 5.41) is 12.0. The SMILES string of the molecule is Cc1cc(NC(=O)C(C#N)c2ccccc2)ccc1Br. The number of rotatable bonds is 3. The van der Waals surface area contributed by atoms with Crippen molar-refractivity contribution in [2.75, 3.05) is 5.32 Å². The highest BCUT2D eigenvalue weighted by Crippen LogP contribution is 2.22. The van der Waals surface area contributed by atoms with Crippen LogP contribution in [0, 0.1) is 18.3 Å². The number of carbonyl (C=O) groups is 1. The van der Waals surface area contributed by atoms with E-state index in [0.29, 0.717) is 11.3 Å². The number of amides is 1. The molecule has 0 radical (unpaired) electrons. The summed E-state index contributed by atoms with van der Waals surface area (Å²) in [6.07, 6.45) is 0. The van der Waals surface area contributed by atoms with Crippen molar-refractivity contribution in [2.45, 2.75) is 12.8 Å². The number of hydrogen-bond acceptors (Lipinski definition) is 2. The van der Waals surface area contributed by atoms with E-state index in [1.54, 1.807) is 18.2 Å². The minimum atomic E-state index is -0.805. The molecule has 0 aliphatic rings. The number of aryl methyl sites for hydroxylation is 1. The zero-order valence-electron chi connectivity index (χ0n) is 10.9. The number of hydrogen-bond donors (Lipinski definition) is 1. The Balaban J connectivity index is 2.18. The van der Waals surface area contributed by atoms with Crippen LogP contribution in [0.2, 0.25) is 0 Å². The van der Waals surface area contributed by atoms with Gasteiger partial charge in [-0.25, -0.2) is 0 Å². The molecule has 0 aliphatic carbocycles. The van der Waals surface area contributed by atoms with Crippen molar-refractivity contribution >= 4 is 27.5 Å². The first-order valence-corrected chi connectivity index (χ1v) is 6.92. The van der Waals surface area contributed by atoms with Crippen LogP contribution >= 0.6 is 15.9 Å².